The summed E-state index contributed by atoms with van der Waals surface area (Å²) in [4.78, 5) is 32.0. The molecule has 2 aromatic rings. The number of carbonyl (C=O) groups excluding carboxylic acids is 2. The van der Waals surface area contributed by atoms with Crippen LogP contribution in [0.3, 0.4) is 0 Å². The Morgan fingerprint density at radius 3 is 2.16 bits per heavy atom. The summed E-state index contributed by atoms with van der Waals surface area (Å²) in [5.74, 6) is -0.901. The first-order valence-electron chi connectivity index (χ1n) is 13.3. The van der Waals surface area contributed by atoms with E-state index in [-0.39, 0.29) is 40.2 Å². The average molecular weight is 509 g/mol. The molecule has 1 atom stereocenters. The normalized spacial score (nSPS) is 21.3. The quantitative estimate of drug-likeness (QED) is 0.464. The number of carbonyl (C=O) groups is 2. The molecule has 1 amide bonds. The Hall–Kier alpha value is -2.90. The minimum absolute atomic E-state index is 0.151. The minimum Gasteiger partial charge on any atom is -0.507 e. The number of hydrogen-bond donors (Lipinski definition) is 2. The lowest BCUT2D eigenvalue weighted by molar-refractivity contribution is -0.316. The molecule has 0 bridgehead atoms. The summed E-state index contributed by atoms with van der Waals surface area (Å²) in [6.45, 7) is 8.55. The van der Waals surface area contributed by atoms with Crippen molar-refractivity contribution in [2.75, 3.05) is 0 Å². The molecule has 7 nitrogen and oxygen atoms in total. The molecular weight excluding hydrogens is 468 g/mol. The van der Waals surface area contributed by atoms with E-state index >= 15 is 0 Å². The number of amides is 1. The third-order valence-corrected chi connectivity index (χ3v) is 7.65. The van der Waals surface area contributed by atoms with Crippen molar-refractivity contribution in [1.29, 1.82) is 0 Å². The summed E-state index contributed by atoms with van der Waals surface area (Å²) in [5.41, 5.74) is 5.82. The number of hydroxylamine groups is 2. The fraction of sp³-hybridized carbons (Fsp3) is 0.533. The number of rotatable bonds is 8. The summed E-state index contributed by atoms with van der Waals surface area (Å²) in [6, 6.07) is 13.3. The van der Waals surface area contributed by atoms with Gasteiger partial charge in [-0.3, -0.25) is 14.4 Å². The van der Waals surface area contributed by atoms with Crippen molar-refractivity contribution in [3.63, 3.8) is 0 Å². The number of piperidine rings is 1. The van der Waals surface area contributed by atoms with Crippen LogP contribution in [0.1, 0.15) is 88.6 Å². The molecule has 1 saturated heterocycles. The van der Waals surface area contributed by atoms with E-state index in [0.29, 0.717) is 24.2 Å². The lowest BCUT2D eigenvalue weighted by Gasteiger charge is -2.55. The molecule has 0 aromatic heterocycles. The first-order chi connectivity index (χ1) is 17.5. The zero-order valence-corrected chi connectivity index (χ0v) is 22.4. The van der Waals surface area contributed by atoms with E-state index in [0.717, 1.165) is 12.8 Å². The Morgan fingerprint density at radius 2 is 1.59 bits per heavy atom. The molecule has 2 aromatic carbocycles. The van der Waals surface area contributed by atoms with E-state index < -0.39 is 12.0 Å². The Labute approximate surface area is 219 Å². The number of aromatic hydroxyl groups is 1. The molecule has 1 saturated carbocycles. The predicted molar refractivity (Wildman–Crippen MR) is 142 cm³/mol. The summed E-state index contributed by atoms with van der Waals surface area (Å²) in [6.07, 6.45) is 6.47. The Kier molecular flexibility index (Phi) is 7.95. The second-order valence-electron chi connectivity index (χ2n) is 11.8. The molecule has 2 aliphatic rings. The topological polar surface area (TPSA) is 102 Å². The molecule has 3 N–H and O–H groups in total. The Bertz CT molecular complexity index is 1090. The third kappa shape index (κ3) is 6.16. The van der Waals surface area contributed by atoms with E-state index in [1.165, 1.54) is 31.4 Å². The van der Waals surface area contributed by atoms with Gasteiger partial charge < -0.3 is 15.6 Å². The number of nitrogens with zero attached hydrogens (tertiary/aromatic N) is 1. The van der Waals surface area contributed by atoms with Gasteiger partial charge in [-0.1, -0.05) is 49.6 Å². The van der Waals surface area contributed by atoms with Crippen molar-refractivity contribution in [1.82, 2.24) is 5.06 Å². The summed E-state index contributed by atoms with van der Waals surface area (Å²) >= 11 is 0. The van der Waals surface area contributed by atoms with E-state index in [1.54, 1.807) is 30.3 Å². The molecule has 0 radical (unpaired) electrons. The predicted octanol–water partition coefficient (Wildman–Crippen LogP) is 5.39. The van der Waals surface area contributed by atoms with Crippen LogP contribution in [-0.2, 0) is 9.63 Å². The SMILES string of the molecule is CC1(C)CC(C(Oc2ccc(C(=O)c3ccccc3)c(O)c2)C(N)=O)CC(C)(C)N1OC1CCCCC1. The second-order valence-corrected chi connectivity index (χ2v) is 11.8. The van der Waals surface area contributed by atoms with Crippen LogP contribution in [0.4, 0.5) is 0 Å². The number of benzene rings is 2. The Morgan fingerprint density at radius 1 is 0.973 bits per heavy atom. The van der Waals surface area contributed by atoms with Crippen LogP contribution >= 0.6 is 0 Å². The highest BCUT2D eigenvalue weighted by Crippen LogP contribution is 2.44. The van der Waals surface area contributed by atoms with Gasteiger partial charge in [0.1, 0.15) is 11.5 Å². The van der Waals surface area contributed by atoms with Crippen LogP contribution in [0.15, 0.2) is 48.5 Å². The van der Waals surface area contributed by atoms with Crippen molar-refractivity contribution in [2.45, 2.75) is 95.9 Å². The van der Waals surface area contributed by atoms with Crippen LogP contribution in [0.2, 0.25) is 0 Å². The molecule has 37 heavy (non-hydrogen) atoms. The maximum Gasteiger partial charge on any atom is 0.258 e. The summed E-state index contributed by atoms with van der Waals surface area (Å²) in [7, 11) is 0. The van der Waals surface area contributed by atoms with Gasteiger partial charge >= 0.3 is 0 Å². The van der Waals surface area contributed by atoms with E-state index in [1.807, 2.05) is 6.07 Å². The van der Waals surface area contributed by atoms with Gasteiger partial charge in [-0.2, -0.15) is 5.06 Å². The summed E-state index contributed by atoms with van der Waals surface area (Å²) in [5, 5.41) is 12.7. The average Bonchev–Trinajstić information content (AvgIpc) is 2.85. The van der Waals surface area contributed by atoms with Crippen LogP contribution in [0.25, 0.3) is 0 Å². The smallest absolute Gasteiger partial charge is 0.258 e. The van der Waals surface area contributed by atoms with Crippen LogP contribution in [0.5, 0.6) is 11.5 Å². The molecule has 1 unspecified atom stereocenters. The highest BCUT2D eigenvalue weighted by molar-refractivity contribution is 6.10. The lowest BCUT2D eigenvalue weighted by atomic mass is 9.73. The fourth-order valence-corrected chi connectivity index (χ4v) is 6.21. The number of phenolic OH excluding ortho intramolecular Hbond substituents is 1. The van der Waals surface area contributed by atoms with Crippen LogP contribution in [-0.4, -0.2) is 45.1 Å². The molecule has 4 rings (SSSR count). The molecular formula is C30H40N2O5. The largest absolute Gasteiger partial charge is 0.507 e. The standard InChI is InChI=1S/C30H40N2O5/c1-29(2)18-21(19-30(3,4)32(29)37-22-13-9-6-10-14-22)27(28(31)35)36-23-15-16-24(25(33)17-23)26(34)20-11-7-5-8-12-20/h5,7-8,11-12,15-17,21-22,27,33H,6,9-10,13-14,18-19H2,1-4H3,(H2,31,35). The van der Waals surface area contributed by atoms with Crippen LogP contribution < -0.4 is 10.5 Å². The second kappa shape index (κ2) is 10.8. The number of nitrogens with two attached hydrogens (primary N) is 1. The Balaban J connectivity index is 1.50. The third-order valence-electron chi connectivity index (χ3n) is 7.65. The highest BCUT2D eigenvalue weighted by Gasteiger charge is 2.50. The van der Waals surface area contributed by atoms with Gasteiger partial charge in [-0.25, -0.2) is 0 Å². The molecule has 7 heteroatoms. The van der Waals surface area contributed by atoms with E-state index in [2.05, 4.69) is 32.8 Å². The zero-order valence-electron chi connectivity index (χ0n) is 22.4. The number of phenols is 1. The van der Waals surface area contributed by atoms with Crippen LogP contribution in [0, 0.1) is 5.92 Å². The monoisotopic (exact) mass is 508 g/mol. The molecule has 1 aliphatic carbocycles. The van der Waals surface area contributed by atoms with E-state index in [9.17, 15) is 14.7 Å². The molecule has 2 fully saturated rings. The number of ether oxygens (including phenoxy) is 1. The van der Waals surface area contributed by atoms with Crippen molar-refractivity contribution >= 4 is 11.7 Å². The maximum atomic E-state index is 12.8. The summed E-state index contributed by atoms with van der Waals surface area (Å²) < 4.78 is 6.10. The van der Waals surface area contributed by atoms with Crippen molar-refractivity contribution in [3.8, 4) is 11.5 Å². The van der Waals surface area contributed by atoms with Gasteiger partial charge in [0, 0.05) is 28.6 Å². The molecule has 0 spiro atoms. The maximum absolute atomic E-state index is 12.8. The number of primary amides is 1. The lowest BCUT2D eigenvalue weighted by Crippen LogP contribution is -2.63. The highest BCUT2D eigenvalue weighted by atomic mass is 16.7. The van der Waals surface area contributed by atoms with Gasteiger partial charge in [-0.15, -0.1) is 0 Å². The van der Waals surface area contributed by atoms with Gasteiger partial charge in [0.25, 0.3) is 5.91 Å². The minimum atomic E-state index is -0.884. The molecule has 200 valence electrons. The number of hydrogen-bond acceptors (Lipinski definition) is 6. The first-order valence-corrected chi connectivity index (χ1v) is 13.3. The molecule has 1 heterocycles. The van der Waals surface area contributed by atoms with Gasteiger partial charge in [-0.05, 0) is 65.5 Å². The van der Waals surface area contributed by atoms with Crippen molar-refractivity contribution < 1.29 is 24.3 Å². The number of ketones is 1. The molecule has 1 aliphatic heterocycles. The first kappa shape index (κ1) is 27.1. The zero-order chi connectivity index (χ0) is 26.8. The van der Waals surface area contributed by atoms with Gasteiger partial charge in [0.05, 0.1) is 11.7 Å². The fourth-order valence-electron chi connectivity index (χ4n) is 6.21. The van der Waals surface area contributed by atoms with E-state index in [4.69, 9.17) is 15.3 Å². The van der Waals surface area contributed by atoms with Gasteiger partial charge in [0.2, 0.25) is 0 Å². The van der Waals surface area contributed by atoms with Gasteiger partial charge in [0.15, 0.2) is 11.9 Å². The van der Waals surface area contributed by atoms with Crippen molar-refractivity contribution in [3.05, 3.63) is 59.7 Å². The van der Waals surface area contributed by atoms with Crippen molar-refractivity contribution in [2.24, 2.45) is 11.7 Å².